The van der Waals surface area contributed by atoms with Crippen molar-refractivity contribution < 1.29 is 19.1 Å². The van der Waals surface area contributed by atoms with Crippen LogP contribution < -0.4 is 10.6 Å². The summed E-state index contributed by atoms with van der Waals surface area (Å²) in [5.41, 5.74) is 0.906. The van der Waals surface area contributed by atoms with E-state index in [1.54, 1.807) is 29.0 Å². The third-order valence-corrected chi connectivity index (χ3v) is 4.50. The lowest BCUT2D eigenvalue weighted by Crippen LogP contribution is -2.32. The van der Waals surface area contributed by atoms with Gasteiger partial charge in [0.2, 0.25) is 0 Å². The Morgan fingerprint density at radius 2 is 2.00 bits per heavy atom. The summed E-state index contributed by atoms with van der Waals surface area (Å²) in [7, 11) is 0. The summed E-state index contributed by atoms with van der Waals surface area (Å²) in [6.07, 6.45) is -1.06. The Hall–Kier alpha value is -2.09. The third-order valence-electron chi connectivity index (χ3n) is 3.26. The standard InChI is InChI=1S/C17H16Cl2N2O4S/c1-10(16(23)21-14-3-2-12(18)8-13(14)19)25-15(22)4-6-20-17(24)11-5-7-26-9-11/h2-3,5,7-10H,4,6H2,1H3,(H,20,24)(H,21,23). The zero-order valence-electron chi connectivity index (χ0n) is 13.8. The molecule has 138 valence electrons. The number of benzene rings is 1. The molecular formula is C17H16Cl2N2O4S. The van der Waals surface area contributed by atoms with Crippen molar-refractivity contribution in [2.45, 2.75) is 19.4 Å². The zero-order valence-corrected chi connectivity index (χ0v) is 16.1. The summed E-state index contributed by atoms with van der Waals surface area (Å²) >= 11 is 13.2. The molecule has 1 heterocycles. The highest BCUT2D eigenvalue weighted by atomic mass is 35.5. The van der Waals surface area contributed by atoms with Crippen LogP contribution in [0, 0.1) is 0 Å². The normalized spacial score (nSPS) is 11.5. The summed E-state index contributed by atoms with van der Waals surface area (Å²) < 4.78 is 5.05. The maximum atomic E-state index is 12.1. The number of esters is 1. The van der Waals surface area contributed by atoms with Gasteiger partial charge in [0.25, 0.3) is 11.8 Å². The van der Waals surface area contributed by atoms with Crippen molar-refractivity contribution in [3.05, 3.63) is 50.6 Å². The largest absolute Gasteiger partial charge is 0.452 e. The van der Waals surface area contributed by atoms with Crippen molar-refractivity contribution in [2.24, 2.45) is 0 Å². The van der Waals surface area contributed by atoms with Gasteiger partial charge in [0.05, 0.1) is 17.1 Å². The Morgan fingerprint density at radius 3 is 2.65 bits per heavy atom. The number of nitrogens with one attached hydrogen (secondary N) is 2. The lowest BCUT2D eigenvalue weighted by atomic mass is 10.3. The second-order valence-corrected chi connectivity index (χ2v) is 6.89. The van der Waals surface area contributed by atoms with Crippen LogP contribution in [0.5, 0.6) is 0 Å². The smallest absolute Gasteiger partial charge is 0.308 e. The van der Waals surface area contributed by atoms with Crippen LogP contribution in [0.2, 0.25) is 10.0 Å². The van der Waals surface area contributed by atoms with E-state index in [1.807, 2.05) is 0 Å². The highest BCUT2D eigenvalue weighted by Crippen LogP contribution is 2.25. The van der Waals surface area contributed by atoms with Gasteiger partial charge in [-0.1, -0.05) is 23.2 Å². The lowest BCUT2D eigenvalue weighted by molar-refractivity contribution is -0.153. The average Bonchev–Trinajstić information content (AvgIpc) is 3.11. The maximum absolute atomic E-state index is 12.1. The van der Waals surface area contributed by atoms with Crippen LogP contribution in [-0.4, -0.2) is 30.4 Å². The molecule has 1 aromatic heterocycles. The molecule has 2 aromatic rings. The second kappa shape index (κ2) is 9.56. The first kappa shape index (κ1) is 20.2. The number of carbonyl (C=O) groups is 3. The topological polar surface area (TPSA) is 84.5 Å². The molecule has 0 aliphatic rings. The fraction of sp³-hybridized carbons (Fsp3) is 0.235. The molecule has 2 amide bonds. The molecule has 0 fully saturated rings. The van der Waals surface area contributed by atoms with Crippen molar-refractivity contribution >= 4 is 58.0 Å². The predicted octanol–water partition coefficient (Wildman–Crippen LogP) is 3.75. The molecule has 0 saturated carbocycles. The SMILES string of the molecule is CC(OC(=O)CCNC(=O)c1ccsc1)C(=O)Nc1ccc(Cl)cc1Cl. The molecule has 9 heteroatoms. The Labute approximate surface area is 164 Å². The maximum Gasteiger partial charge on any atom is 0.308 e. The lowest BCUT2D eigenvalue weighted by Gasteiger charge is -2.14. The quantitative estimate of drug-likeness (QED) is 0.675. The predicted molar refractivity (Wildman–Crippen MR) is 102 cm³/mol. The van der Waals surface area contributed by atoms with E-state index < -0.39 is 18.0 Å². The van der Waals surface area contributed by atoms with Gasteiger partial charge in [0, 0.05) is 22.5 Å². The number of carbonyl (C=O) groups excluding carboxylic acids is 3. The number of ether oxygens (including phenoxy) is 1. The minimum atomic E-state index is -1.01. The fourth-order valence-corrected chi connectivity index (χ4v) is 3.00. The molecule has 1 unspecified atom stereocenters. The number of halogens is 2. The highest BCUT2D eigenvalue weighted by Gasteiger charge is 2.19. The van der Waals surface area contributed by atoms with Crippen molar-refractivity contribution in [3.63, 3.8) is 0 Å². The molecule has 0 bridgehead atoms. The minimum absolute atomic E-state index is 0.0464. The van der Waals surface area contributed by atoms with Gasteiger partial charge in [-0.3, -0.25) is 14.4 Å². The van der Waals surface area contributed by atoms with Crippen LogP contribution in [0.25, 0.3) is 0 Å². The number of thiophene rings is 1. The van der Waals surface area contributed by atoms with Crippen LogP contribution in [0.1, 0.15) is 23.7 Å². The summed E-state index contributed by atoms with van der Waals surface area (Å²) in [5.74, 6) is -1.38. The fourth-order valence-electron chi connectivity index (χ4n) is 1.91. The molecule has 0 aliphatic carbocycles. The van der Waals surface area contributed by atoms with Gasteiger partial charge in [0.1, 0.15) is 0 Å². The van der Waals surface area contributed by atoms with E-state index in [4.69, 9.17) is 27.9 Å². The monoisotopic (exact) mass is 414 g/mol. The average molecular weight is 415 g/mol. The minimum Gasteiger partial charge on any atom is -0.452 e. The van der Waals surface area contributed by atoms with E-state index in [0.717, 1.165) is 0 Å². The molecule has 0 spiro atoms. The Balaban J connectivity index is 1.75. The first-order valence-electron chi connectivity index (χ1n) is 7.62. The van der Waals surface area contributed by atoms with Gasteiger partial charge in [0.15, 0.2) is 6.10 Å². The van der Waals surface area contributed by atoms with Crippen molar-refractivity contribution in [2.75, 3.05) is 11.9 Å². The van der Waals surface area contributed by atoms with Crippen LogP contribution >= 0.6 is 34.5 Å². The molecule has 0 radical (unpaired) electrons. The van der Waals surface area contributed by atoms with E-state index >= 15 is 0 Å². The third kappa shape index (κ3) is 6.01. The highest BCUT2D eigenvalue weighted by molar-refractivity contribution is 7.08. The molecular weight excluding hydrogens is 399 g/mol. The first-order chi connectivity index (χ1) is 12.4. The molecule has 2 rings (SSSR count). The van der Waals surface area contributed by atoms with Gasteiger partial charge >= 0.3 is 5.97 Å². The molecule has 2 N–H and O–H groups in total. The first-order valence-corrected chi connectivity index (χ1v) is 9.32. The van der Waals surface area contributed by atoms with Crippen LogP contribution in [0.4, 0.5) is 5.69 Å². The number of rotatable bonds is 7. The van der Waals surface area contributed by atoms with Crippen molar-refractivity contribution in [3.8, 4) is 0 Å². The number of hydrogen-bond donors (Lipinski definition) is 2. The van der Waals surface area contributed by atoms with E-state index in [2.05, 4.69) is 10.6 Å². The van der Waals surface area contributed by atoms with Gasteiger partial charge in [-0.25, -0.2) is 0 Å². The molecule has 0 aliphatic heterocycles. The van der Waals surface area contributed by atoms with E-state index in [9.17, 15) is 14.4 Å². The molecule has 1 atom stereocenters. The van der Waals surface area contributed by atoms with Gasteiger partial charge < -0.3 is 15.4 Å². The molecule has 0 saturated heterocycles. The van der Waals surface area contributed by atoms with Gasteiger partial charge in [-0.05, 0) is 36.6 Å². The molecule has 26 heavy (non-hydrogen) atoms. The van der Waals surface area contributed by atoms with Crippen LogP contribution in [0.15, 0.2) is 35.0 Å². The van der Waals surface area contributed by atoms with Crippen LogP contribution in [-0.2, 0) is 14.3 Å². The summed E-state index contributed by atoms with van der Waals surface area (Å²) in [6, 6.07) is 6.31. The van der Waals surface area contributed by atoms with E-state index in [1.165, 1.54) is 24.3 Å². The Bertz CT molecular complexity index is 796. The number of hydrogen-bond acceptors (Lipinski definition) is 5. The van der Waals surface area contributed by atoms with E-state index in [-0.39, 0.29) is 23.9 Å². The zero-order chi connectivity index (χ0) is 19.1. The number of amides is 2. The molecule has 6 nitrogen and oxygen atoms in total. The Morgan fingerprint density at radius 1 is 1.23 bits per heavy atom. The second-order valence-electron chi connectivity index (χ2n) is 5.26. The summed E-state index contributed by atoms with van der Waals surface area (Å²) in [4.78, 5) is 35.6. The summed E-state index contributed by atoms with van der Waals surface area (Å²) in [6.45, 7) is 1.56. The van der Waals surface area contributed by atoms with Gasteiger partial charge in [-0.2, -0.15) is 11.3 Å². The van der Waals surface area contributed by atoms with Crippen molar-refractivity contribution in [1.29, 1.82) is 0 Å². The van der Waals surface area contributed by atoms with Gasteiger partial charge in [-0.15, -0.1) is 0 Å². The number of anilines is 1. The molecule has 1 aromatic carbocycles. The van der Waals surface area contributed by atoms with Crippen molar-refractivity contribution in [1.82, 2.24) is 5.32 Å². The van der Waals surface area contributed by atoms with E-state index in [0.29, 0.717) is 16.3 Å². The summed E-state index contributed by atoms with van der Waals surface area (Å²) in [5, 5.41) is 9.39. The Kier molecular flexibility index (Phi) is 7.44. The van der Waals surface area contributed by atoms with Crippen LogP contribution in [0.3, 0.4) is 0 Å².